The van der Waals surface area contributed by atoms with Gasteiger partial charge in [0.05, 0.1) is 31.0 Å². The fraction of sp³-hybridized carbons (Fsp3) is 0.176. The molecule has 0 aliphatic heterocycles. The number of methoxy groups -OCH3 is 1. The number of benzene rings is 2. The zero-order valence-corrected chi connectivity index (χ0v) is 13.0. The molecule has 0 atom stereocenters. The number of carbonyl (C=O) groups excluding carboxylic acids is 1. The summed E-state index contributed by atoms with van der Waals surface area (Å²) < 4.78 is 5.37. The van der Waals surface area contributed by atoms with Gasteiger partial charge in [0, 0.05) is 11.3 Å². The highest BCUT2D eigenvalue weighted by Gasteiger charge is 2.11. The molecule has 0 aliphatic carbocycles. The van der Waals surface area contributed by atoms with Gasteiger partial charge in [0.2, 0.25) is 0 Å². The molecule has 23 heavy (non-hydrogen) atoms. The van der Waals surface area contributed by atoms with Crippen LogP contribution >= 0.6 is 0 Å². The number of urea groups is 1. The standard InChI is InChI=1S/C17H18N4O2/c1-11-3-5-12(6-4-11)21-17(22)18-9-13-15(23-2)8-7-14-16(13)20-10-19-14/h3-8,10H,9H2,1-2H3,(H,19,20)(H2,18,21,22). The smallest absolute Gasteiger partial charge is 0.319 e. The number of amides is 2. The van der Waals surface area contributed by atoms with E-state index in [0.717, 1.165) is 27.8 Å². The Morgan fingerprint density at radius 3 is 2.74 bits per heavy atom. The third-order valence-corrected chi connectivity index (χ3v) is 3.62. The molecule has 0 bridgehead atoms. The SMILES string of the molecule is COc1ccc2nc[nH]c2c1CNC(=O)Nc1ccc(C)cc1. The van der Waals surface area contributed by atoms with Crippen LogP contribution in [-0.2, 0) is 6.54 Å². The number of carbonyl (C=O) groups is 1. The molecule has 0 saturated carbocycles. The van der Waals surface area contributed by atoms with E-state index in [-0.39, 0.29) is 6.03 Å². The van der Waals surface area contributed by atoms with Crippen molar-refractivity contribution in [1.82, 2.24) is 15.3 Å². The normalized spacial score (nSPS) is 10.5. The minimum Gasteiger partial charge on any atom is -0.496 e. The first-order valence-electron chi connectivity index (χ1n) is 7.28. The lowest BCUT2D eigenvalue weighted by Gasteiger charge is -2.11. The first kappa shape index (κ1) is 14.9. The Balaban J connectivity index is 1.71. The van der Waals surface area contributed by atoms with Crippen LogP contribution in [0.3, 0.4) is 0 Å². The Bertz CT molecular complexity index is 824. The summed E-state index contributed by atoms with van der Waals surface area (Å²) in [6, 6.07) is 11.1. The Hall–Kier alpha value is -3.02. The van der Waals surface area contributed by atoms with Crippen molar-refractivity contribution in [2.75, 3.05) is 12.4 Å². The molecule has 0 radical (unpaired) electrons. The zero-order valence-electron chi connectivity index (χ0n) is 13.0. The average Bonchev–Trinajstić information content (AvgIpc) is 3.03. The van der Waals surface area contributed by atoms with Crippen LogP contribution in [-0.4, -0.2) is 23.1 Å². The molecule has 2 aromatic carbocycles. The summed E-state index contributed by atoms with van der Waals surface area (Å²) in [6.07, 6.45) is 1.62. The predicted octanol–water partition coefficient (Wildman–Crippen LogP) is 3.20. The van der Waals surface area contributed by atoms with E-state index in [1.54, 1.807) is 13.4 Å². The first-order chi connectivity index (χ1) is 11.2. The number of aromatic nitrogens is 2. The van der Waals surface area contributed by atoms with Gasteiger partial charge in [0.1, 0.15) is 5.75 Å². The first-order valence-corrected chi connectivity index (χ1v) is 7.28. The van der Waals surface area contributed by atoms with E-state index in [0.29, 0.717) is 12.3 Å². The van der Waals surface area contributed by atoms with Gasteiger partial charge in [-0.25, -0.2) is 9.78 Å². The number of imidazole rings is 1. The molecule has 0 spiro atoms. The number of nitrogens with zero attached hydrogens (tertiary/aromatic N) is 1. The summed E-state index contributed by atoms with van der Waals surface area (Å²) in [5.41, 5.74) is 4.45. The molecule has 0 aliphatic rings. The van der Waals surface area contributed by atoms with Gasteiger partial charge in [-0.15, -0.1) is 0 Å². The number of nitrogens with one attached hydrogen (secondary N) is 3. The quantitative estimate of drug-likeness (QED) is 0.692. The van der Waals surface area contributed by atoms with Crippen molar-refractivity contribution in [3.8, 4) is 5.75 Å². The lowest BCUT2D eigenvalue weighted by molar-refractivity contribution is 0.251. The highest BCUT2D eigenvalue weighted by Crippen LogP contribution is 2.25. The summed E-state index contributed by atoms with van der Waals surface area (Å²) in [4.78, 5) is 19.4. The van der Waals surface area contributed by atoms with E-state index >= 15 is 0 Å². The number of H-pyrrole nitrogens is 1. The van der Waals surface area contributed by atoms with Crippen molar-refractivity contribution in [3.05, 3.63) is 53.9 Å². The molecule has 3 aromatic rings. The van der Waals surface area contributed by atoms with Crippen LogP contribution in [0.5, 0.6) is 5.75 Å². The molecular weight excluding hydrogens is 292 g/mol. The fourth-order valence-electron chi connectivity index (χ4n) is 2.40. The van der Waals surface area contributed by atoms with Crippen LogP contribution in [0.2, 0.25) is 0 Å². The second-order valence-electron chi connectivity index (χ2n) is 5.22. The van der Waals surface area contributed by atoms with E-state index in [9.17, 15) is 4.79 Å². The van der Waals surface area contributed by atoms with Gasteiger partial charge >= 0.3 is 6.03 Å². The van der Waals surface area contributed by atoms with Gasteiger partial charge < -0.3 is 20.4 Å². The van der Waals surface area contributed by atoms with Gasteiger partial charge in [-0.3, -0.25) is 0 Å². The maximum Gasteiger partial charge on any atom is 0.319 e. The van der Waals surface area contributed by atoms with Crippen LogP contribution in [0.1, 0.15) is 11.1 Å². The molecule has 3 rings (SSSR count). The van der Waals surface area contributed by atoms with Crippen molar-refractivity contribution in [2.24, 2.45) is 0 Å². The summed E-state index contributed by atoms with van der Waals surface area (Å²) in [5.74, 6) is 0.706. The summed E-state index contributed by atoms with van der Waals surface area (Å²) in [5, 5.41) is 5.64. The van der Waals surface area contributed by atoms with Gasteiger partial charge in [0.15, 0.2) is 0 Å². The minimum absolute atomic E-state index is 0.271. The van der Waals surface area contributed by atoms with Gasteiger partial charge in [0.25, 0.3) is 0 Å². The third-order valence-electron chi connectivity index (χ3n) is 3.62. The predicted molar refractivity (Wildman–Crippen MR) is 89.7 cm³/mol. The van der Waals surface area contributed by atoms with E-state index in [4.69, 9.17) is 4.74 Å². The van der Waals surface area contributed by atoms with E-state index in [1.807, 2.05) is 43.3 Å². The summed E-state index contributed by atoms with van der Waals surface area (Å²) >= 11 is 0. The minimum atomic E-state index is -0.271. The Morgan fingerprint density at radius 1 is 1.22 bits per heavy atom. The molecule has 6 nitrogen and oxygen atoms in total. The second-order valence-corrected chi connectivity index (χ2v) is 5.22. The number of ether oxygens (including phenoxy) is 1. The molecule has 0 fully saturated rings. The number of aromatic amines is 1. The summed E-state index contributed by atoms with van der Waals surface area (Å²) in [7, 11) is 1.60. The topological polar surface area (TPSA) is 79.0 Å². The number of fused-ring (bicyclic) bond motifs is 1. The van der Waals surface area contributed by atoms with Crippen LogP contribution in [0, 0.1) is 6.92 Å². The van der Waals surface area contributed by atoms with Crippen LogP contribution in [0.25, 0.3) is 11.0 Å². The number of aryl methyl sites for hydroxylation is 1. The van der Waals surface area contributed by atoms with E-state index in [2.05, 4.69) is 20.6 Å². The zero-order chi connectivity index (χ0) is 16.2. The Kier molecular flexibility index (Phi) is 4.14. The molecular formula is C17H18N4O2. The van der Waals surface area contributed by atoms with Crippen molar-refractivity contribution in [3.63, 3.8) is 0 Å². The van der Waals surface area contributed by atoms with Crippen LogP contribution in [0.4, 0.5) is 10.5 Å². The molecule has 3 N–H and O–H groups in total. The lowest BCUT2D eigenvalue weighted by atomic mass is 10.1. The number of rotatable bonds is 4. The van der Waals surface area contributed by atoms with Crippen molar-refractivity contribution in [2.45, 2.75) is 13.5 Å². The molecule has 1 heterocycles. The number of anilines is 1. The lowest BCUT2D eigenvalue weighted by Crippen LogP contribution is -2.28. The Labute approximate surface area is 133 Å². The Morgan fingerprint density at radius 2 is 2.00 bits per heavy atom. The van der Waals surface area contributed by atoms with Crippen molar-refractivity contribution >= 4 is 22.8 Å². The largest absolute Gasteiger partial charge is 0.496 e. The molecule has 0 saturated heterocycles. The van der Waals surface area contributed by atoms with Gasteiger partial charge in [-0.05, 0) is 31.2 Å². The monoisotopic (exact) mass is 310 g/mol. The number of hydrogen-bond donors (Lipinski definition) is 3. The molecule has 118 valence electrons. The molecule has 6 heteroatoms. The fourth-order valence-corrected chi connectivity index (χ4v) is 2.40. The van der Waals surface area contributed by atoms with Gasteiger partial charge in [-0.2, -0.15) is 0 Å². The van der Waals surface area contributed by atoms with Crippen LogP contribution in [0.15, 0.2) is 42.7 Å². The molecule has 2 amide bonds. The highest BCUT2D eigenvalue weighted by atomic mass is 16.5. The van der Waals surface area contributed by atoms with Crippen molar-refractivity contribution < 1.29 is 9.53 Å². The maximum absolute atomic E-state index is 12.1. The molecule has 0 unspecified atom stereocenters. The third kappa shape index (κ3) is 3.26. The van der Waals surface area contributed by atoms with Crippen molar-refractivity contribution in [1.29, 1.82) is 0 Å². The summed E-state index contributed by atoms with van der Waals surface area (Å²) in [6.45, 7) is 2.33. The van der Waals surface area contributed by atoms with E-state index in [1.165, 1.54) is 0 Å². The van der Waals surface area contributed by atoms with E-state index < -0.39 is 0 Å². The number of hydrogen-bond acceptors (Lipinski definition) is 3. The average molecular weight is 310 g/mol. The molecule has 1 aromatic heterocycles. The van der Waals surface area contributed by atoms with Gasteiger partial charge in [-0.1, -0.05) is 17.7 Å². The highest BCUT2D eigenvalue weighted by molar-refractivity contribution is 5.89. The second kappa shape index (κ2) is 6.39. The van der Waals surface area contributed by atoms with Crippen LogP contribution < -0.4 is 15.4 Å². The maximum atomic E-state index is 12.1.